The fourth-order valence-electron chi connectivity index (χ4n) is 3.35. The lowest BCUT2D eigenvalue weighted by molar-refractivity contribution is -0.139. The summed E-state index contributed by atoms with van der Waals surface area (Å²) in [5, 5.41) is 14.9. The zero-order valence-corrected chi connectivity index (χ0v) is 17.9. The normalized spacial score (nSPS) is 15.9. The zero-order valence-electron chi connectivity index (χ0n) is 16.3. The Morgan fingerprint density at radius 2 is 1.89 bits per heavy atom. The highest BCUT2D eigenvalue weighted by molar-refractivity contribution is 9.10. The van der Waals surface area contributed by atoms with Crippen molar-refractivity contribution in [1.82, 2.24) is 20.2 Å². The number of tetrazole rings is 1. The Labute approximate surface area is 173 Å². The second kappa shape index (κ2) is 9.82. The number of ether oxygens (including phenoxy) is 1. The lowest BCUT2D eigenvalue weighted by Crippen LogP contribution is -2.29. The van der Waals surface area contributed by atoms with E-state index in [0.717, 1.165) is 22.9 Å². The lowest BCUT2D eigenvalue weighted by Gasteiger charge is -2.27. The monoisotopic (exact) mass is 447 g/mol. The summed E-state index contributed by atoms with van der Waals surface area (Å²) in [6, 6.07) is 7.38. The molecule has 0 saturated carbocycles. The van der Waals surface area contributed by atoms with Gasteiger partial charge in [0.25, 0.3) is 0 Å². The van der Waals surface area contributed by atoms with E-state index in [1.54, 1.807) is 4.68 Å². The predicted molar refractivity (Wildman–Crippen MR) is 111 cm³/mol. The van der Waals surface area contributed by atoms with Gasteiger partial charge in [0.1, 0.15) is 6.04 Å². The number of rotatable bonds is 9. The molecule has 0 saturated heterocycles. The van der Waals surface area contributed by atoms with Crippen LogP contribution in [-0.2, 0) is 9.53 Å². The molecule has 8 heteroatoms. The Morgan fingerprint density at radius 1 is 1.18 bits per heavy atom. The maximum absolute atomic E-state index is 12.9. The van der Waals surface area contributed by atoms with Crippen molar-refractivity contribution in [2.24, 2.45) is 0 Å². The molecule has 1 N–H and O–H groups in total. The zero-order chi connectivity index (χ0) is 19.9. The van der Waals surface area contributed by atoms with Crippen LogP contribution in [-0.4, -0.2) is 32.8 Å². The van der Waals surface area contributed by atoms with Crippen LogP contribution in [0.15, 0.2) is 40.0 Å². The first-order valence-corrected chi connectivity index (χ1v) is 10.6. The number of anilines is 1. The van der Waals surface area contributed by atoms with Gasteiger partial charge >= 0.3 is 5.97 Å². The van der Waals surface area contributed by atoms with Crippen LogP contribution in [0.1, 0.15) is 64.0 Å². The first-order chi connectivity index (χ1) is 13.6. The fourth-order valence-corrected chi connectivity index (χ4v) is 3.62. The van der Waals surface area contributed by atoms with Crippen LogP contribution in [0.25, 0.3) is 0 Å². The molecule has 1 unspecified atom stereocenters. The fraction of sp³-hybridized carbons (Fsp3) is 0.500. The third-order valence-corrected chi connectivity index (χ3v) is 5.38. The first kappa shape index (κ1) is 20.5. The molecule has 1 aromatic heterocycles. The highest BCUT2D eigenvalue weighted by Crippen LogP contribution is 2.35. The van der Waals surface area contributed by atoms with Crippen LogP contribution >= 0.6 is 15.9 Å². The van der Waals surface area contributed by atoms with E-state index >= 15 is 0 Å². The van der Waals surface area contributed by atoms with Gasteiger partial charge in [-0.05, 0) is 41.5 Å². The quantitative estimate of drug-likeness (QED) is 0.445. The Kier molecular flexibility index (Phi) is 7.19. The number of hydrogen-bond acceptors (Lipinski definition) is 6. The van der Waals surface area contributed by atoms with Crippen LogP contribution in [0.5, 0.6) is 0 Å². The number of allylic oxidation sites excluding steroid dienone is 1. The van der Waals surface area contributed by atoms with Crippen LogP contribution < -0.4 is 5.32 Å². The average Bonchev–Trinajstić information content (AvgIpc) is 3.14. The van der Waals surface area contributed by atoms with Gasteiger partial charge in [-0.3, -0.25) is 0 Å². The standard InChI is InChI=1S/C20H26BrN5O2/c1-3-4-5-6-7-8-13-28-19(27)17-14(2)22-20-23-24-25-26(20)18(17)15-9-11-16(21)12-10-15/h9-12,18H,3-8,13H2,1-2H3,(H,22,23,25). The van der Waals surface area contributed by atoms with Crippen molar-refractivity contribution in [3.8, 4) is 0 Å². The van der Waals surface area contributed by atoms with E-state index in [4.69, 9.17) is 4.74 Å². The molecule has 0 fully saturated rings. The molecule has 3 rings (SSSR count). The molecule has 0 radical (unpaired) electrons. The van der Waals surface area contributed by atoms with Gasteiger partial charge in [-0.1, -0.05) is 72.2 Å². The number of carbonyl (C=O) groups excluding carboxylic acids is 1. The minimum absolute atomic E-state index is 0.326. The van der Waals surface area contributed by atoms with Gasteiger partial charge in [-0.15, -0.1) is 0 Å². The molecule has 1 aliphatic heterocycles. The number of nitrogens with one attached hydrogen (secondary N) is 1. The van der Waals surface area contributed by atoms with Gasteiger partial charge in [-0.25, -0.2) is 4.79 Å². The van der Waals surface area contributed by atoms with Gasteiger partial charge < -0.3 is 10.1 Å². The average molecular weight is 448 g/mol. The van der Waals surface area contributed by atoms with Gasteiger partial charge in [0, 0.05) is 10.2 Å². The van der Waals surface area contributed by atoms with Crippen molar-refractivity contribution >= 4 is 27.8 Å². The minimum Gasteiger partial charge on any atom is -0.462 e. The Balaban J connectivity index is 1.72. The van der Waals surface area contributed by atoms with E-state index in [1.807, 2.05) is 31.2 Å². The van der Waals surface area contributed by atoms with Crippen molar-refractivity contribution < 1.29 is 9.53 Å². The number of hydrogen-bond donors (Lipinski definition) is 1. The van der Waals surface area contributed by atoms with E-state index in [9.17, 15) is 4.79 Å². The number of nitrogens with zero attached hydrogens (tertiary/aromatic N) is 4. The Bertz CT molecular complexity index is 831. The molecule has 150 valence electrons. The number of benzene rings is 1. The third-order valence-electron chi connectivity index (χ3n) is 4.85. The van der Waals surface area contributed by atoms with Crippen molar-refractivity contribution in [3.63, 3.8) is 0 Å². The predicted octanol–water partition coefficient (Wildman–Crippen LogP) is 4.63. The number of unbranched alkanes of at least 4 members (excludes halogenated alkanes) is 5. The molecule has 0 bridgehead atoms. The van der Waals surface area contributed by atoms with Crippen molar-refractivity contribution in [2.45, 2.75) is 58.4 Å². The number of carbonyl (C=O) groups is 1. The minimum atomic E-state index is -0.420. The summed E-state index contributed by atoms with van der Waals surface area (Å²) in [4.78, 5) is 12.9. The molecule has 2 heterocycles. The second-order valence-corrected chi connectivity index (χ2v) is 7.88. The lowest BCUT2D eigenvalue weighted by atomic mass is 9.96. The molecule has 7 nitrogen and oxygen atoms in total. The second-order valence-electron chi connectivity index (χ2n) is 6.97. The highest BCUT2D eigenvalue weighted by atomic mass is 79.9. The van der Waals surface area contributed by atoms with E-state index in [2.05, 4.69) is 43.7 Å². The molecule has 2 aromatic rings. The molecular weight excluding hydrogens is 422 g/mol. The Hall–Kier alpha value is -2.22. The SMILES string of the molecule is CCCCCCCCOC(=O)C1=C(C)Nc2nnnn2C1c1ccc(Br)cc1. The van der Waals surface area contributed by atoms with E-state index in [1.165, 1.54) is 25.7 Å². The number of fused-ring (bicyclic) bond motifs is 1. The van der Waals surface area contributed by atoms with Crippen molar-refractivity contribution in [3.05, 3.63) is 45.6 Å². The van der Waals surface area contributed by atoms with Gasteiger partial charge in [0.05, 0.1) is 12.2 Å². The smallest absolute Gasteiger partial charge is 0.338 e. The summed E-state index contributed by atoms with van der Waals surface area (Å²) in [5.74, 6) is 0.186. The van der Waals surface area contributed by atoms with E-state index in [0.29, 0.717) is 23.8 Å². The summed E-state index contributed by atoms with van der Waals surface area (Å²) >= 11 is 3.45. The maximum Gasteiger partial charge on any atom is 0.338 e. The summed E-state index contributed by atoms with van der Waals surface area (Å²) in [7, 11) is 0. The molecular formula is C20H26BrN5O2. The topological polar surface area (TPSA) is 81.9 Å². The number of halogens is 1. The summed E-state index contributed by atoms with van der Waals surface area (Å²) < 4.78 is 8.19. The molecule has 1 aromatic carbocycles. The molecule has 0 amide bonds. The summed E-state index contributed by atoms with van der Waals surface area (Å²) in [6.45, 7) is 4.48. The number of aromatic nitrogens is 4. The van der Waals surface area contributed by atoms with Crippen LogP contribution in [0, 0.1) is 0 Å². The summed E-state index contributed by atoms with van der Waals surface area (Å²) in [5.41, 5.74) is 2.17. The Morgan fingerprint density at radius 3 is 2.64 bits per heavy atom. The first-order valence-electron chi connectivity index (χ1n) is 9.80. The maximum atomic E-state index is 12.9. The molecule has 0 spiro atoms. The van der Waals surface area contributed by atoms with Gasteiger partial charge in [0.15, 0.2) is 0 Å². The van der Waals surface area contributed by atoms with Crippen LogP contribution in [0.3, 0.4) is 0 Å². The summed E-state index contributed by atoms with van der Waals surface area (Å²) in [6.07, 6.45) is 6.88. The molecule has 28 heavy (non-hydrogen) atoms. The van der Waals surface area contributed by atoms with Gasteiger partial charge in [0.2, 0.25) is 5.95 Å². The van der Waals surface area contributed by atoms with Crippen LogP contribution in [0.4, 0.5) is 5.95 Å². The molecule has 1 atom stereocenters. The third kappa shape index (κ3) is 4.79. The highest BCUT2D eigenvalue weighted by Gasteiger charge is 2.34. The van der Waals surface area contributed by atoms with E-state index < -0.39 is 6.04 Å². The van der Waals surface area contributed by atoms with Crippen molar-refractivity contribution in [1.29, 1.82) is 0 Å². The number of esters is 1. The van der Waals surface area contributed by atoms with Crippen LogP contribution in [0.2, 0.25) is 0 Å². The molecule has 0 aliphatic carbocycles. The largest absolute Gasteiger partial charge is 0.462 e. The van der Waals surface area contributed by atoms with E-state index in [-0.39, 0.29) is 5.97 Å². The van der Waals surface area contributed by atoms with Crippen molar-refractivity contribution in [2.75, 3.05) is 11.9 Å². The van der Waals surface area contributed by atoms with Gasteiger partial charge in [-0.2, -0.15) is 4.68 Å². The molecule has 1 aliphatic rings.